The average molecular weight is 448 g/mol. The van der Waals surface area contributed by atoms with E-state index >= 15 is 0 Å². The minimum Gasteiger partial charge on any atom is -0.352 e. The van der Waals surface area contributed by atoms with Crippen molar-refractivity contribution in [1.82, 2.24) is 19.9 Å². The van der Waals surface area contributed by atoms with Crippen LogP contribution >= 0.6 is 22.7 Å². The molecule has 0 bridgehead atoms. The van der Waals surface area contributed by atoms with Crippen molar-refractivity contribution in [3.63, 3.8) is 0 Å². The Balaban J connectivity index is 1.36. The first-order chi connectivity index (χ1) is 15.3. The molecule has 1 aliphatic heterocycles. The van der Waals surface area contributed by atoms with Gasteiger partial charge in [0.2, 0.25) is 0 Å². The summed E-state index contributed by atoms with van der Waals surface area (Å²) >= 11 is 3.38. The van der Waals surface area contributed by atoms with Crippen LogP contribution in [0.5, 0.6) is 0 Å². The van der Waals surface area contributed by atoms with Crippen LogP contribution in [0.1, 0.15) is 27.2 Å². The number of aryl methyl sites for hydroxylation is 2. The fourth-order valence-electron chi connectivity index (χ4n) is 4.52. The highest BCUT2D eigenvalue weighted by Crippen LogP contribution is 2.41. The van der Waals surface area contributed by atoms with E-state index in [4.69, 9.17) is 9.97 Å². The molecule has 0 saturated carbocycles. The van der Waals surface area contributed by atoms with Crippen LogP contribution in [-0.4, -0.2) is 51.9 Å². The lowest BCUT2D eigenvalue weighted by molar-refractivity contribution is 0.0747. The molecule has 0 spiro atoms. The number of thiophene rings is 2. The number of amides is 1. The first-order valence-electron chi connectivity index (χ1n) is 10.6. The lowest BCUT2D eigenvalue weighted by atomic mass is 10.1. The maximum atomic E-state index is 12.8. The van der Waals surface area contributed by atoms with Gasteiger partial charge in [0.1, 0.15) is 10.6 Å². The van der Waals surface area contributed by atoms with Gasteiger partial charge in [0.25, 0.3) is 5.91 Å². The Bertz CT molecular complexity index is 1240. The second-order valence-electron chi connectivity index (χ2n) is 7.94. The monoisotopic (exact) mass is 447 g/mol. The molecule has 5 heterocycles. The molecular formula is C23H21N5OS2. The normalized spacial score (nSPS) is 16.1. The number of hydrogen-bond donors (Lipinski definition) is 0. The van der Waals surface area contributed by atoms with E-state index in [0.29, 0.717) is 13.1 Å². The second kappa shape index (κ2) is 7.69. The fraction of sp³-hybridized carbons (Fsp3) is 0.304. The molecular weight excluding hydrogens is 426 g/mol. The molecule has 6 nitrogen and oxygen atoms in total. The molecule has 1 saturated heterocycles. The van der Waals surface area contributed by atoms with Gasteiger partial charge >= 0.3 is 0 Å². The predicted molar refractivity (Wildman–Crippen MR) is 125 cm³/mol. The van der Waals surface area contributed by atoms with E-state index in [-0.39, 0.29) is 5.91 Å². The molecule has 1 aliphatic carbocycles. The first kappa shape index (κ1) is 18.9. The van der Waals surface area contributed by atoms with Gasteiger partial charge in [-0.05, 0) is 48.4 Å². The molecule has 0 aromatic carbocycles. The Morgan fingerprint density at radius 3 is 2.74 bits per heavy atom. The lowest BCUT2D eigenvalue weighted by Crippen LogP contribution is -2.49. The van der Waals surface area contributed by atoms with E-state index in [1.54, 1.807) is 17.5 Å². The number of fused-ring (bicyclic) bond motifs is 3. The molecule has 1 fully saturated rings. The highest BCUT2D eigenvalue weighted by Gasteiger charge is 2.28. The predicted octanol–water partition coefficient (Wildman–Crippen LogP) is 4.27. The summed E-state index contributed by atoms with van der Waals surface area (Å²) < 4.78 is 0. The summed E-state index contributed by atoms with van der Waals surface area (Å²) in [6, 6.07) is 5.84. The third kappa shape index (κ3) is 3.30. The molecule has 1 amide bonds. The van der Waals surface area contributed by atoms with Crippen LogP contribution in [0.15, 0.2) is 41.4 Å². The molecule has 2 aliphatic rings. The highest BCUT2D eigenvalue weighted by atomic mass is 32.1. The van der Waals surface area contributed by atoms with Crippen LogP contribution in [0.25, 0.3) is 21.6 Å². The van der Waals surface area contributed by atoms with Gasteiger partial charge < -0.3 is 9.80 Å². The summed E-state index contributed by atoms with van der Waals surface area (Å²) in [5.41, 5.74) is 3.16. The molecule has 8 heteroatoms. The molecule has 6 rings (SSSR count). The van der Waals surface area contributed by atoms with Crippen LogP contribution < -0.4 is 4.90 Å². The molecule has 31 heavy (non-hydrogen) atoms. The maximum Gasteiger partial charge on any atom is 0.254 e. The SMILES string of the molecule is O=C(c1ccsc1)N1CCN(c2nc(-c3cccnc3)nc3sc4c(c23)CCC4)CC1. The van der Waals surface area contributed by atoms with Gasteiger partial charge in [-0.1, -0.05) is 0 Å². The zero-order chi connectivity index (χ0) is 20.8. The van der Waals surface area contributed by atoms with E-state index in [1.165, 1.54) is 22.2 Å². The van der Waals surface area contributed by atoms with Crippen molar-refractivity contribution in [3.8, 4) is 11.4 Å². The number of pyridine rings is 1. The Morgan fingerprint density at radius 1 is 1.06 bits per heavy atom. The topological polar surface area (TPSA) is 62.2 Å². The Hall–Kier alpha value is -2.84. The lowest BCUT2D eigenvalue weighted by Gasteiger charge is -2.35. The molecule has 0 atom stereocenters. The standard InChI is InChI=1S/C23H21N5OS2/c29-23(16-6-12-30-14-16)28-10-8-27(9-11-28)21-19-17-4-1-5-18(17)31-22(19)26-20(25-21)15-3-2-7-24-13-15/h2-3,6-7,12-14H,1,4-5,8-11H2. The maximum absolute atomic E-state index is 12.8. The molecule has 0 radical (unpaired) electrons. The third-order valence-corrected chi connectivity index (χ3v) is 7.97. The van der Waals surface area contributed by atoms with Crippen molar-refractivity contribution < 1.29 is 4.79 Å². The van der Waals surface area contributed by atoms with Crippen LogP contribution in [0.2, 0.25) is 0 Å². The average Bonchev–Trinajstić information content (AvgIpc) is 3.56. The largest absolute Gasteiger partial charge is 0.352 e. The summed E-state index contributed by atoms with van der Waals surface area (Å²) in [5.74, 6) is 1.87. The van der Waals surface area contributed by atoms with Gasteiger partial charge in [0, 0.05) is 54.4 Å². The first-order valence-corrected chi connectivity index (χ1v) is 12.3. The van der Waals surface area contributed by atoms with E-state index in [1.807, 2.05) is 51.4 Å². The van der Waals surface area contributed by atoms with E-state index in [0.717, 1.165) is 53.5 Å². The zero-order valence-corrected chi connectivity index (χ0v) is 18.6. The van der Waals surface area contributed by atoms with Crippen molar-refractivity contribution in [2.45, 2.75) is 19.3 Å². The van der Waals surface area contributed by atoms with E-state index in [9.17, 15) is 4.79 Å². The Labute approximate surface area is 188 Å². The summed E-state index contributed by atoms with van der Waals surface area (Å²) in [6.45, 7) is 2.96. The number of aromatic nitrogens is 3. The summed E-state index contributed by atoms with van der Waals surface area (Å²) in [4.78, 5) is 33.8. The zero-order valence-electron chi connectivity index (χ0n) is 17.0. The number of piperazine rings is 1. The highest BCUT2D eigenvalue weighted by molar-refractivity contribution is 7.19. The fourth-order valence-corrected chi connectivity index (χ4v) is 6.41. The van der Waals surface area contributed by atoms with Crippen molar-refractivity contribution in [1.29, 1.82) is 0 Å². The van der Waals surface area contributed by atoms with Gasteiger partial charge in [-0.25, -0.2) is 9.97 Å². The van der Waals surface area contributed by atoms with Gasteiger partial charge in [-0.2, -0.15) is 11.3 Å². The Kier molecular flexibility index (Phi) is 4.69. The smallest absolute Gasteiger partial charge is 0.254 e. The third-order valence-electron chi connectivity index (χ3n) is 6.10. The van der Waals surface area contributed by atoms with Crippen LogP contribution in [0.4, 0.5) is 5.82 Å². The quantitative estimate of drug-likeness (QED) is 0.469. The second-order valence-corrected chi connectivity index (χ2v) is 9.80. The number of nitrogens with zero attached hydrogens (tertiary/aromatic N) is 5. The van der Waals surface area contributed by atoms with Gasteiger partial charge in [-0.3, -0.25) is 9.78 Å². The molecule has 4 aromatic rings. The van der Waals surface area contributed by atoms with Crippen molar-refractivity contribution in [3.05, 3.63) is 57.4 Å². The van der Waals surface area contributed by atoms with E-state index < -0.39 is 0 Å². The molecule has 0 N–H and O–H groups in total. The van der Waals surface area contributed by atoms with Crippen LogP contribution in [0, 0.1) is 0 Å². The number of hydrogen-bond acceptors (Lipinski definition) is 7. The summed E-state index contributed by atoms with van der Waals surface area (Å²) in [6.07, 6.45) is 7.05. The number of anilines is 1. The number of rotatable bonds is 3. The van der Waals surface area contributed by atoms with Crippen molar-refractivity contribution in [2.75, 3.05) is 31.1 Å². The van der Waals surface area contributed by atoms with Gasteiger partial charge in [-0.15, -0.1) is 11.3 Å². The van der Waals surface area contributed by atoms with Crippen LogP contribution in [-0.2, 0) is 12.8 Å². The van der Waals surface area contributed by atoms with Gasteiger partial charge in [0.15, 0.2) is 5.82 Å². The minimum absolute atomic E-state index is 0.126. The number of carbonyl (C=O) groups excluding carboxylic acids is 1. The Morgan fingerprint density at radius 2 is 1.97 bits per heavy atom. The van der Waals surface area contributed by atoms with Crippen molar-refractivity contribution in [2.24, 2.45) is 0 Å². The summed E-state index contributed by atoms with van der Waals surface area (Å²) in [5, 5.41) is 5.11. The molecule has 4 aromatic heterocycles. The van der Waals surface area contributed by atoms with Crippen molar-refractivity contribution >= 4 is 44.6 Å². The number of carbonyl (C=O) groups is 1. The van der Waals surface area contributed by atoms with Gasteiger partial charge in [0.05, 0.1) is 10.9 Å². The van der Waals surface area contributed by atoms with E-state index in [2.05, 4.69) is 9.88 Å². The van der Waals surface area contributed by atoms with Crippen LogP contribution in [0.3, 0.4) is 0 Å². The minimum atomic E-state index is 0.126. The molecule has 0 unspecified atom stereocenters. The molecule has 156 valence electrons. The summed E-state index contributed by atoms with van der Waals surface area (Å²) in [7, 11) is 0.